The standard InChI is InChI=1S/C14H11ClF3NO/c1-9-4-10(7-15)6-12(5-9)20-13-3-2-11(8-19-13)14(16,17)18/h2-6,8H,7H2,1H3. The molecule has 1 heterocycles. The van der Waals surface area contributed by atoms with E-state index in [9.17, 15) is 13.2 Å². The summed E-state index contributed by atoms with van der Waals surface area (Å²) >= 11 is 5.75. The van der Waals surface area contributed by atoms with E-state index < -0.39 is 11.7 Å². The number of ether oxygens (including phenoxy) is 1. The molecule has 1 aromatic heterocycles. The average molecular weight is 302 g/mol. The van der Waals surface area contributed by atoms with Gasteiger partial charge in [-0.25, -0.2) is 4.98 Å². The van der Waals surface area contributed by atoms with Gasteiger partial charge in [0.15, 0.2) is 0 Å². The van der Waals surface area contributed by atoms with Crippen LogP contribution in [0.2, 0.25) is 0 Å². The van der Waals surface area contributed by atoms with E-state index in [-0.39, 0.29) is 5.88 Å². The molecule has 0 aliphatic rings. The maximum Gasteiger partial charge on any atom is 0.417 e. The summed E-state index contributed by atoms with van der Waals surface area (Å²) in [6.45, 7) is 1.88. The molecule has 0 aliphatic heterocycles. The lowest BCUT2D eigenvalue weighted by atomic mass is 10.1. The Hall–Kier alpha value is -1.75. The molecule has 0 N–H and O–H groups in total. The monoisotopic (exact) mass is 301 g/mol. The zero-order valence-electron chi connectivity index (χ0n) is 10.5. The zero-order valence-corrected chi connectivity index (χ0v) is 11.3. The number of benzene rings is 1. The van der Waals surface area contributed by atoms with Crippen molar-refractivity contribution >= 4 is 11.6 Å². The third-order valence-corrected chi connectivity index (χ3v) is 2.86. The SMILES string of the molecule is Cc1cc(CCl)cc(Oc2ccc(C(F)(F)F)cn2)c1. The zero-order chi connectivity index (χ0) is 14.8. The topological polar surface area (TPSA) is 22.1 Å². The van der Waals surface area contributed by atoms with E-state index in [1.54, 1.807) is 12.1 Å². The third kappa shape index (κ3) is 3.63. The minimum atomic E-state index is -4.40. The summed E-state index contributed by atoms with van der Waals surface area (Å²) in [5, 5.41) is 0. The summed E-state index contributed by atoms with van der Waals surface area (Å²) < 4.78 is 42.6. The van der Waals surface area contributed by atoms with Gasteiger partial charge in [-0.1, -0.05) is 6.07 Å². The van der Waals surface area contributed by atoms with Crippen LogP contribution in [0.25, 0.3) is 0 Å². The molecule has 2 rings (SSSR count). The average Bonchev–Trinajstić information content (AvgIpc) is 2.37. The Morgan fingerprint density at radius 1 is 1.20 bits per heavy atom. The lowest BCUT2D eigenvalue weighted by Crippen LogP contribution is -2.05. The molecule has 0 amide bonds. The highest BCUT2D eigenvalue weighted by Crippen LogP contribution is 2.30. The fourth-order valence-electron chi connectivity index (χ4n) is 1.69. The molecule has 0 unspecified atom stereocenters. The van der Waals surface area contributed by atoms with Gasteiger partial charge >= 0.3 is 6.18 Å². The Balaban J connectivity index is 2.20. The van der Waals surface area contributed by atoms with Gasteiger partial charge in [0.05, 0.1) is 5.56 Å². The first-order valence-corrected chi connectivity index (χ1v) is 6.29. The molecule has 1 aromatic carbocycles. The first-order chi connectivity index (χ1) is 9.38. The molecule has 0 spiro atoms. The van der Waals surface area contributed by atoms with Gasteiger partial charge < -0.3 is 4.74 Å². The van der Waals surface area contributed by atoms with Crippen molar-refractivity contribution in [2.45, 2.75) is 19.0 Å². The van der Waals surface area contributed by atoms with Gasteiger partial charge in [-0.3, -0.25) is 0 Å². The Labute approximate surface area is 119 Å². The fraction of sp³-hybridized carbons (Fsp3) is 0.214. The largest absolute Gasteiger partial charge is 0.439 e. The molecule has 6 heteroatoms. The van der Waals surface area contributed by atoms with Gasteiger partial charge in [-0.2, -0.15) is 13.2 Å². The Kier molecular flexibility index (Phi) is 4.18. The second-order valence-corrected chi connectivity index (χ2v) is 4.54. The van der Waals surface area contributed by atoms with Gasteiger partial charge in [-0.05, 0) is 36.2 Å². The molecule has 0 saturated carbocycles. The lowest BCUT2D eigenvalue weighted by molar-refractivity contribution is -0.137. The number of aryl methyl sites for hydroxylation is 1. The van der Waals surface area contributed by atoms with E-state index >= 15 is 0 Å². The Morgan fingerprint density at radius 3 is 2.50 bits per heavy atom. The van der Waals surface area contributed by atoms with Crippen LogP contribution in [-0.4, -0.2) is 4.98 Å². The number of rotatable bonds is 3. The minimum absolute atomic E-state index is 0.101. The molecule has 0 atom stereocenters. The molecule has 2 nitrogen and oxygen atoms in total. The van der Waals surface area contributed by atoms with Crippen molar-refractivity contribution in [2.75, 3.05) is 0 Å². The van der Waals surface area contributed by atoms with E-state index in [4.69, 9.17) is 16.3 Å². The van der Waals surface area contributed by atoms with Crippen molar-refractivity contribution in [2.24, 2.45) is 0 Å². The maximum atomic E-state index is 12.4. The van der Waals surface area contributed by atoms with Crippen molar-refractivity contribution in [1.82, 2.24) is 4.98 Å². The molecular formula is C14H11ClF3NO. The molecule has 2 aromatic rings. The van der Waals surface area contributed by atoms with Crippen molar-refractivity contribution in [1.29, 1.82) is 0 Å². The summed E-state index contributed by atoms with van der Waals surface area (Å²) in [6, 6.07) is 7.50. The summed E-state index contributed by atoms with van der Waals surface area (Å²) in [6.07, 6.45) is -3.66. The first-order valence-electron chi connectivity index (χ1n) is 5.76. The third-order valence-electron chi connectivity index (χ3n) is 2.55. The number of hydrogen-bond acceptors (Lipinski definition) is 2. The van der Waals surface area contributed by atoms with Gasteiger partial charge in [0.1, 0.15) is 5.75 Å². The molecule has 0 aliphatic carbocycles. The van der Waals surface area contributed by atoms with Crippen molar-refractivity contribution < 1.29 is 17.9 Å². The molecule has 0 fully saturated rings. The van der Waals surface area contributed by atoms with Crippen LogP contribution in [0, 0.1) is 6.92 Å². The molecule has 20 heavy (non-hydrogen) atoms. The quantitative estimate of drug-likeness (QED) is 0.749. The Bertz CT molecular complexity index is 596. The van der Waals surface area contributed by atoms with Crippen molar-refractivity contribution in [3.8, 4) is 11.6 Å². The highest BCUT2D eigenvalue weighted by molar-refractivity contribution is 6.17. The van der Waals surface area contributed by atoms with Crippen LogP contribution in [0.4, 0.5) is 13.2 Å². The van der Waals surface area contributed by atoms with Gasteiger partial charge in [0.2, 0.25) is 5.88 Å². The fourth-order valence-corrected chi connectivity index (χ4v) is 1.84. The first kappa shape index (κ1) is 14.7. The normalized spacial score (nSPS) is 11.4. The highest BCUT2D eigenvalue weighted by Gasteiger charge is 2.30. The second kappa shape index (κ2) is 5.71. The lowest BCUT2D eigenvalue weighted by Gasteiger charge is -2.09. The predicted molar refractivity (Wildman–Crippen MR) is 70.0 cm³/mol. The van der Waals surface area contributed by atoms with Crippen LogP contribution in [0.15, 0.2) is 36.5 Å². The van der Waals surface area contributed by atoms with E-state index in [0.29, 0.717) is 11.6 Å². The van der Waals surface area contributed by atoms with Crippen LogP contribution < -0.4 is 4.74 Å². The van der Waals surface area contributed by atoms with Crippen molar-refractivity contribution in [3.63, 3.8) is 0 Å². The van der Waals surface area contributed by atoms with Gasteiger partial charge in [0, 0.05) is 18.1 Å². The number of pyridine rings is 1. The molecule has 0 saturated heterocycles. The van der Waals surface area contributed by atoms with Crippen LogP contribution in [-0.2, 0) is 12.1 Å². The number of halogens is 4. The summed E-state index contributed by atoms with van der Waals surface area (Å²) in [5.41, 5.74) is 1.01. The predicted octanol–water partition coefficient (Wildman–Crippen LogP) is 4.94. The van der Waals surface area contributed by atoms with Gasteiger partial charge in [-0.15, -0.1) is 11.6 Å². The number of aromatic nitrogens is 1. The van der Waals surface area contributed by atoms with Gasteiger partial charge in [0.25, 0.3) is 0 Å². The van der Waals surface area contributed by atoms with Crippen LogP contribution in [0.5, 0.6) is 11.6 Å². The molecule has 0 bridgehead atoms. The van der Waals surface area contributed by atoms with Crippen LogP contribution in [0.1, 0.15) is 16.7 Å². The molecule has 0 radical (unpaired) electrons. The smallest absolute Gasteiger partial charge is 0.417 e. The molecular weight excluding hydrogens is 291 g/mol. The summed E-state index contributed by atoms with van der Waals surface area (Å²) in [7, 11) is 0. The van der Waals surface area contributed by atoms with E-state index in [0.717, 1.165) is 23.4 Å². The van der Waals surface area contributed by atoms with Crippen LogP contribution in [0.3, 0.4) is 0 Å². The Morgan fingerprint density at radius 2 is 1.95 bits per heavy atom. The van der Waals surface area contributed by atoms with Crippen LogP contribution >= 0.6 is 11.6 Å². The molecule has 106 valence electrons. The minimum Gasteiger partial charge on any atom is -0.439 e. The van der Waals surface area contributed by atoms with E-state index in [2.05, 4.69) is 4.98 Å². The second-order valence-electron chi connectivity index (χ2n) is 4.27. The number of alkyl halides is 4. The van der Waals surface area contributed by atoms with E-state index in [1.165, 1.54) is 6.07 Å². The van der Waals surface area contributed by atoms with E-state index in [1.807, 2.05) is 13.0 Å². The van der Waals surface area contributed by atoms with Crippen molar-refractivity contribution in [3.05, 3.63) is 53.2 Å². The number of hydrogen-bond donors (Lipinski definition) is 0. The summed E-state index contributed by atoms with van der Waals surface area (Å²) in [5.74, 6) is 0.926. The number of nitrogens with zero attached hydrogens (tertiary/aromatic N) is 1. The summed E-state index contributed by atoms with van der Waals surface area (Å²) in [4.78, 5) is 3.65. The highest BCUT2D eigenvalue weighted by atomic mass is 35.5. The maximum absolute atomic E-state index is 12.4.